The summed E-state index contributed by atoms with van der Waals surface area (Å²) in [5.74, 6) is 0.902. The van der Waals surface area contributed by atoms with Gasteiger partial charge in [-0.2, -0.15) is 0 Å². The van der Waals surface area contributed by atoms with E-state index < -0.39 is 0 Å². The van der Waals surface area contributed by atoms with Crippen LogP contribution >= 0.6 is 0 Å². The first-order chi connectivity index (χ1) is 14.9. The van der Waals surface area contributed by atoms with Crippen LogP contribution in [0.2, 0.25) is 0 Å². The minimum Gasteiger partial charge on any atom is -0.496 e. The largest absolute Gasteiger partial charge is 0.496 e. The van der Waals surface area contributed by atoms with E-state index in [1.807, 2.05) is 31.9 Å². The number of piperazine rings is 1. The molecule has 31 heavy (non-hydrogen) atoms. The Kier molecular flexibility index (Phi) is 7.46. The Bertz CT molecular complexity index is 922. The monoisotopic (exact) mass is 425 g/mol. The van der Waals surface area contributed by atoms with Crippen molar-refractivity contribution < 1.29 is 14.3 Å². The number of amides is 3. The first kappa shape index (κ1) is 22.6. The number of benzene rings is 1. The zero-order valence-electron chi connectivity index (χ0n) is 18.7. The second kappa shape index (κ2) is 10.3. The molecule has 1 fully saturated rings. The van der Waals surface area contributed by atoms with E-state index in [1.54, 1.807) is 31.4 Å². The lowest BCUT2D eigenvalue weighted by Crippen LogP contribution is -2.48. The number of carbonyl (C=O) groups is 2. The molecule has 3 amide bonds. The molecule has 8 heteroatoms. The number of methoxy groups -OCH3 is 1. The van der Waals surface area contributed by atoms with Crippen LogP contribution < -0.4 is 15.4 Å². The SMILES string of the molecule is CCNC(=O)Nc1ccc(C(=O)N2CCN(Cc3ncc(C)c(OC)c3C)CC2)cc1. The summed E-state index contributed by atoms with van der Waals surface area (Å²) in [6.45, 7) is 10.1. The summed E-state index contributed by atoms with van der Waals surface area (Å²) in [7, 11) is 1.69. The van der Waals surface area contributed by atoms with E-state index in [0.29, 0.717) is 30.9 Å². The summed E-state index contributed by atoms with van der Waals surface area (Å²) < 4.78 is 5.51. The van der Waals surface area contributed by atoms with Crippen molar-refractivity contribution in [1.82, 2.24) is 20.1 Å². The molecule has 3 rings (SSSR count). The maximum atomic E-state index is 12.9. The number of rotatable bonds is 6. The Morgan fingerprint density at radius 1 is 1.10 bits per heavy atom. The van der Waals surface area contributed by atoms with Crippen LogP contribution in [0.25, 0.3) is 0 Å². The predicted octanol–water partition coefficient (Wildman–Crippen LogP) is 2.81. The fourth-order valence-electron chi connectivity index (χ4n) is 3.77. The second-order valence-electron chi connectivity index (χ2n) is 7.68. The van der Waals surface area contributed by atoms with Crippen molar-refractivity contribution in [2.24, 2.45) is 0 Å². The third kappa shape index (κ3) is 5.52. The van der Waals surface area contributed by atoms with Gasteiger partial charge in [-0.25, -0.2) is 4.79 Å². The lowest BCUT2D eigenvalue weighted by molar-refractivity contribution is 0.0626. The number of urea groups is 1. The molecule has 0 aliphatic carbocycles. The normalized spacial score (nSPS) is 14.3. The lowest BCUT2D eigenvalue weighted by Gasteiger charge is -2.35. The summed E-state index contributed by atoms with van der Waals surface area (Å²) in [5, 5.41) is 5.41. The molecule has 8 nitrogen and oxygen atoms in total. The average molecular weight is 426 g/mol. The Morgan fingerprint density at radius 3 is 2.39 bits per heavy atom. The number of aromatic nitrogens is 1. The molecule has 0 saturated carbocycles. The fraction of sp³-hybridized carbons (Fsp3) is 0.435. The van der Waals surface area contributed by atoms with Gasteiger partial charge in [0.2, 0.25) is 0 Å². The number of nitrogens with one attached hydrogen (secondary N) is 2. The number of nitrogens with zero attached hydrogens (tertiary/aromatic N) is 3. The molecule has 0 atom stereocenters. The topological polar surface area (TPSA) is 86.8 Å². The van der Waals surface area contributed by atoms with E-state index in [2.05, 4.69) is 20.5 Å². The van der Waals surface area contributed by atoms with Gasteiger partial charge in [0, 0.05) is 67.8 Å². The Morgan fingerprint density at radius 2 is 1.77 bits per heavy atom. The van der Waals surface area contributed by atoms with Crippen LogP contribution in [0, 0.1) is 13.8 Å². The highest BCUT2D eigenvalue weighted by Crippen LogP contribution is 2.25. The Hall–Kier alpha value is -3.13. The molecule has 2 N–H and O–H groups in total. The van der Waals surface area contributed by atoms with Gasteiger partial charge in [0.25, 0.3) is 5.91 Å². The molecule has 2 aromatic rings. The smallest absolute Gasteiger partial charge is 0.319 e. The van der Waals surface area contributed by atoms with Crippen molar-refractivity contribution in [3.05, 3.63) is 52.8 Å². The van der Waals surface area contributed by atoms with E-state index in [-0.39, 0.29) is 11.9 Å². The third-order valence-corrected chi connectivity index (χ3v) is 5.51. The van der Waals surface area contributed by atoms with Gasteiger partial charge >= 0.3 is 6.03 Å². The molecule has 1 aliphatic rings. The zero-order chi connectivity index (χ0) is 22.4. The number of anilines is 1. The van der Waals surface area contributed by atoms with Crippen LogP contribution in [-0.2, 0) is 6.54 Å². The quantitative estimate of drug-likeness (QED) is 0.743. The highest BCUT2D eigenvalue weighted by atomic mass is 16.5. The molecule has 0 spiro atoms. The fourth-order valence-corrected chi connectivity index (χ4v) is 3.77. The highest BCUT2D eigenvalue weighted by Gasteiger charge is 2.23. The van der Waals surface area contributed by atoms with Gasteiger partial charge in [-0.1, -0.05) is 0 Å². The van der Waals surface area contributed by atoms with Crippen molar-refractivity contribution >= 4 is 17.6 Å². The van der Waals surface area contributed by atoms with Crippen LogP contribution in [0.1, 0.15) is 34.1 Å². The summed E-state index contributed by atoms with van der Waals surface area (Å²) in [5.41, 5.74) is 4.39. The second-order valence-corrected chi connectivity index (χ2v) is 7.68. The van der Waals surface area contributed by atoms with Gasteiger partial charge in [-0.15, -0.1) is 0 Å². The Labute approximate surface area is 183 Å². The van der Waals surface area contributed by atoms with Crippen molar-refractivity contribution in [3.63, 3.8) is 0 Å². The molecule has 0 bridgehead atoms. The van der Waals surface area contributed by atoms with Crippen LogP contribution in [0.15, 0.2) is 30.5 Å². The van der Waals surface area contributed by atoms with Crippen LogP contribution in [0.3, 0.4) is 0 Å². The molecular weight excluding hydrogens is 394 g/mol. The van der Waals surface area contributed by atoms with Gasteiger partial charge in [-0.3, -0.25) is 14.7 Å². The lowest BCUT2D eigenvalue weighted by atomic mass is 10.1. The summed E-state index contributed by atoms with van der Waals surface area (Å²) >= 11 is 0. The summed E-state index contributed by atoms with van der Waals surface area (Å²) in [6.07, 6.45) is 1.85. The highest BCUT2D eigenvalue weighted by molar-refractivity contribution is 5.95. The minimum absolute atomic E-state index is 0.00974. The molecule has 166 valence electrons. The number of carbonyl (C=O) groups excluding carboxylic acids is 2. The van der Waals surface area contributed by atoms with Crippen molar-refractivity contribution in [1.29, 1.82) is 0 Å². The van der Waals surface area contributed by atoms with Crippen molar-refractivity contribution in [3.8, 4) is 5.75 Å². The number of aryl methyl sites for hydroxylation is 1. The van der Waals surface area contributed by atoms with Crippen LogP contribution in [-0.4, -0.2) is 66.6 Å². The van der Waals surface area contributed by atoms with E-state index in [0.717, 1.165) is 42.2 Å². The predicted molar refractivity (Wildman–Crippen MR) is 121 cm³/mol. The number of pyridine rings is 1. The van der Waals surface area contributed by atoms with Crippen LogP contribution in [0.5, 0.6) is 5.75 Å². The van der Waals surface area contributed by atoms with Gasteiger partial charge in [-0.05, 0) is 45.0 Å². The van der Waals surface area contributed by atoms with E-state index in [4.69, 9.17) is 4.74 Å². The number of hydrogen-bond donors (Lipinski definition) is 2. The van der Waals surface area contributed by atoms with Crippen LogP contribution in [0.4, 0.5) is 10.5 Å². The average Bonchev–Trinajstić information content (AvgIpc) is 2.77. The van der Waals surface area contributed by atoms with E-state index in [9.17, 15) is 9.59 Å². The molecule has 2 heterocycles. The molecular formula is C23H31N5O3. The van der Waals surface area contributed by atoms with Gasteiger partial charge in [0.1, 0.15) is 5.75 Å². The molecule has 0 radical (unpaired) electrons. The molecule has 1 aromatic heterocycles. The maximum absolute atomic E-state index is 12.9. The first-order valence-corrected chi connectivity index (χ1v) is 10.6. The first-order valence-electron chi connectivity index (χ1n) is 10.6. The number of ether oxygens (including phenoxy) is 1. The van der Waals surface area contributed by atoms with Crippen molar-refractivity contribution in [2.45, 2.75) is 27.3 Å². The van der Waals surface area contributed by atoms with Gasteiger partial charge in [0.05, 0.1) is 12.8 Å². The standard InChI is InChI=1S/C23H31N5O3/c1-5-24-23(30)26-19-8-6-18(7-9-19)22(29)28-12-10-27(11-13-28)15-20-17(3)21(31-4)16(2)14-25-20/h6-9,14H,5,10-13,15H2,1-4H3,(H2,24,26,30). The third-order valence-electron chi connectivity index (χ3n) is 5.51. The zero-order valence-corrected chi connectivity index (χ0v) is 18.7. The minimum atomic E-state index is -0.256. The molecule has 1 aromatic carbocycles. The molecule has 0 unspecified atom stereocenters. The van der Waals surface area contributed by atoms with E-state index in [1.165, 1.54) is 0 Å². The van der Waals surface area contributed by atoms with Gasteiger partial charge < -0.3 is 20.3 Å². The Balaban J connectivity index is 1.55. The summed E-state index contributed by atoms with van der Waals surface area (Å²) in [4.78, 5) is 33.2. The molecule has 1 saturated heterocycles. The maximum Gasteiger partial charge on any atom is 0.319 e. The van der Waals surface area contributed by atoms with Gasteiger partial charge in [0.15, 0.2) is 0 Å². The van der Waals surface area contributed by atoms with E-state index >= 15 is 0 Å². The van der Waals surface area contributed by atoms with Crippen molar-refractivity contribution in [2.75, 3.05) is 45.2 Å². The number of hydrogen-bond acceptors (Lipinski definition) is 5. The summed E-state index contributed by atoms with van der Waals surface area (Å²) in [6, 6.07) is 6.74. The molecule has 1 aliphatic heterocycles.